The molecule has 0 aliphatic carbocycles. The number of nitrogens with one attached hydrogen (secondary N) is 2. The summed E-state index contributed by atoms with van der Waals surface area (Å²) in [6.07, 6.45) is 0.500. The summed E-state index contributed by atoms with van der Waals surface area (Å²) in [4.78, 5) is 11.7. The molecular weight excluding hydrogens is 260 g/mol. The molecule has 0 atom stereocenters. The zero-order chi connectivity index (χ0) is 14.8. The van der Waals surface area contributed by atoms with Crippen LogP contribution < -0.4 is 10.6 Å². The highest BCUT2D eigenvalue weighted by atomic mass is 16.1. The molecule has 1 aliphatic rings. The van der Waals surface area contributed by atoms with E-state index in [1.807, 2.05) is 12.1 Å². The van der Waals surface area contributed by atoms with Crippen molar-refractivity contribution in [3.8, 4) is 11.1 Å². The van der Waals surface area contributed by atoms with Crippen molar-refractivity contribution >= 4 is 17.3 Å². The standard InChI is InChI=1S/C18H20N2O/c1-12(2)13-5-3-6-14(11-13)15-7-4-8-16-18(15)19-10-9-17(21)20-16/h3-8,11-12,19H,9-10H2,1-2H3,(H,20,21). The van der Waals surface area contributed by atoms with Crippen LogP contribution in [0.4, 0.5) is 11.4 Å². The summed E-state index contributed by atoms with van der Waals surface area (Å²) in [5, 5.41) is 6.36. The number of hydrogen-bond donors (Lipinski definition) is 2. The van der Waals surface area contributed by atoms with Gasteiger partial charge in [-0.1, -0.05) is 50.2 Å². The molecule has 0 radical (unpaired) electrons. The molecule has 0 bridgehead atoms. The molecule has 3 rings (SSSR count). The van der Waals surface area contributed by atoms with Crippen LogP contribution in [0.1, 0.15) is 31.7 Å². The molecule has 1 aliphatic heterocycles. The lowest BCUT2D eigenvalue weighted by molar-refractivity contribution is -0.115. The third kappa shape index (κ3) is 2.77. The van der Waals surface area contributed by atoms with Crippen LogP contribution in [-0.4, -0.2) is 12.5 Å². The Morgan fingerprint density at radius 1 is 1.10 bits per heavy atom. The maximum absolute atomic E-state index is 11.7. The number of para-hydroxylation sites is 1. The summed E-state index contributed by atoms with van der Waals surface area (Å²) < 4.78 is 0. The summed E-state index contributed by atoms with van der Waals surface area (Å²) in [5.41, 5.74) is 5.52. The van der Waals surface area contributed by atoms with E-state index < -0.39 is 0 Å². The lowest BCUT2D eigenvalue weighted by atomic mass is 9.96. The number of rotatable bonds is 2. The van der Waals surface area contributed by atoms with E-state index in [-0.39, 0.29) is 5.91 Å². The largest absolute Gasteiger partial charge is 0.382 e. The average molecular weight is 280 g/mol. The van der Waals surface area contributed by atoms with Gasteiger partial charge in [-0.25, -0.2) is 0 Å². The van der Waals surface area contributed by atoms with Gasteiger partial charge < -0.3 is 10.6 Å². The predicted octanol–water partition coefficient (Wildman–Crippen LogP) is 4.23. The van der Waals surface area contributed by atoms with Crippen LogP contribution in [-0.2, 0) is 4.79 Å². The number of carbonyl (C=O) groups excluding carboxylic acids is 1. The van der Waals surface area contributed by atoms with Crippen LogP contribution in [0.3, 0.4) is 0 Å². The third-order valence-corrected chi connectivity index (χ3v) is 3.86. The average Bonchev–Trinajstić information content (AvgIpc) is 2.67. The van der Waals surface area contributed by atoms with Crippen LogP contribution in [0.2, 0.25) is 0 Å². The van der Waals surface area contributed by atoms with Crippen molar-refractivity contribution in [1.29, 1.82) is 0 Å². The molecule has 0 spiro atoms. The fourth-order valence-corrected chi connectivity index (χ4v) is 2.67. The quantitative estimate of drug-likeness (QED) is 0.864. The second kappa shape index (κ2) is 5.60. The van der Waals surface area contributed by atoms with Gasteiger partial charge in [0.1, 0.15) is 0 Å². The van der Waals surface area contributed by atoms with Crippen molar-refractivity contribution in [2.24, 2.45) is 0 Å². The van der Waals surface area contributed by atoms with Crippen molar-refractivity contribution in [1.82, 2.24) is 0 Å². The molecule has 0 saturated carbocycles. The highest BCUT2D eigenvalue weighted by Crippen LogP contribution is 2.36. The van der Waals surface area contributed by atoms with Gasteiger partial charge in [-0.15, -0.1) is 0 Å². The van der Waals surface area contributed by atoms with E-state index in [1.165, 1.54) is 11.1 Å². The van der Waals surface area contributed by atoms with E-state index in [1.54, 1.807) is 0 Å². The topological polar surface area (TPSA) is 41.1 Å². The van der Waals surface area contributed by atoms with E-state index in [9.17, 15) is 4.79 Å². The maximum Gasteiger partial charge on any atom is 0.226 e. The first-order valence-electron chi connectivity index (χ1n) is 7.42. The first-order valence-corrected chi connectivity index (χ1v) is 7.42. The van der Waals surface area contributed by atoms with Crippen molar-refractivity contribution in [3.63, 3.8) is 0 Å². The first kappa shape index (κ1) is 13.7. The second-order valence-electron chi connectivity index (χ2n) is 5.73. The van der Waals surface area contributed by atoms with Gasteiger partial charge in [0, 0.05) is 18.5 Å². The van der Waals surface area contributed by atoms with Crippen molar-refractivity contribution in [2.45, 2.75) is 26.2 Å². The molecule has 0 fully saturated rings. The molecular formula is C18H20N2O. The summed E-state index contributed by atoms with van der Waals surface area (Å²) in [6.45, 7) is 5.06. The van der Waals surface area contributed by atoms with Gasteiger partial charge >= 0.3 is 0 Å². The summed E-state index contributed by atoms with van der Waals surface area (Å²) >= 11 is 0. The van der Waals surface area contributed by atoms with Crippen LogP contribution in [0.5, 0.6) is 0 Å². The van der Waals surface area contributed by atoms with Crippen molar-refractivity contribution < 1.29 is 4.79 Å². The molecule has 0 saturated heterocycles. The summed E-state index contributed by atoms with van der Waals surface area (Å²) in [7, 11) is 0. The summed E-state index contributed by atoms with van der Waals surface area (Å²) in [5.74, 6) is 0.564. The zero-order valence-corrected chi connectivity index (χ0v) is 12.4. The Kier molecular flexibility index (Phi) is 3.65. The highest BCUT2D eigenvalue weighted by molar-refractivity contribution is 5.99. The number of anilines is 2. The smallest absolute Gasteiger partial charge is 0.226 e. The van der Waals surface area contributed by atoms with Gasteiger partial charge in [-0.2, -0.15) is 0 Å². The van der Waals surface area contributed by atoms with Crippen LogP contribution in [0, 0.1) is 0 Å². The SMILES string of the molecule is CC(C)c1cccc(-c2cccc3c2NCCC(=O)N3)c1. The van der Waals surface area contributed by atoms with Gasteiger partial charge in [-0.3, -0.25) is 4.79 Å². The Hall–Kier alpha value is -2.29. The maximum atomic E-state index is 11.7. The lowest BCUT2D eigenvalue weighted by Crippen LogP contribution is -2.10. The summed E-state index contributed by atoms with van der Waals surface area (Å²) in [6, 6.07) is 14.6. The minimum atomic E-state index is 0.0642. The van der Waals surface area contributed by atoms with Crippen LogP contribution in [0.15, 0.2) is 42.5 Å². The third-order valence-electron chi connectivity index (χ3n) is 3.86. The zero-order valence-electron chi connectivity index (χ0n) is 12.4. The second-order valence-corrected chi connectivity index (χ2v) is 5.73. The van der Waals surface area contributed by atoms with Gasteiger partial charge in [0.05, 0.1) is 11.4 Å². The van der Waals surface area contributed by atoms with Gasteiger partial charge in [-0.05, 0) is 23.1 Å². The number of amides is 1. The molecule has 3 nitrogen and oxygen atoms in total. The number of hydrogen-bond acceptors (Lipinski definition) is 2. The van der Waals surface area contributed by atoms with Crippen molar-refractivity contribution in [3.05, 3.63) is 48.0 Å². The molecule has 108 valence electrons. The van der Waals surface area contributed by atoms with Gasteiger partial charge in [0.15, 0.2) is 0 Å². The molecule has 0 aromatic heterocycles. The first-order chi connectivity index (χ1) is 10.1. The number of fused-ring (bicyclic) bond motifs is 1. The Bertz CT molecular complexity index is 677. The van der Waals surface area contributed by atoms with Gasteiger partial charge in [0.2, 0.25) is 5.91 Å². The molecule has 2 aromatic rings. The molecule has 0 unspecified atom stereocenters. The Morgan fingerprint density at radius 3 is 2.71 bits per heavy atom. The normalized spacial score (nSPS) is 14.1. The van der Waals surface area contributed by atoms with E-state index in [0.29, 0.717) is 18.9 Å². The number of carbonyl (C=O) groups is 1. The lowest BCUT2D eigenvalue weighted by Gasteiger charge is -2.15. The highest BCUT2D eigenvalue weighted by Gasteiger charge is 2.16. The Labute approximate surface area is 125 Å². The number of benzene rings is 2. The van der Waals surface area contributed by atoms with Crippen LogP contribution >= 0.6 is 0 Å². The molecule has 3 heteroatoms. The molecule has 21 heavy (non-hydrogen) atoms. The van der Waals surface area contributed by atoms with Crippen molar-refractivity contribution in [2.75, 3.05) is 17.2 Å². The van der Waals surface area contributed by atoms with E-state index in [2.05, 4.69) is 54.8 Å². The monoisotopic (exact) mass is 280 g/mol. The fourth-order valence-electron chi connectivity index (χ4n) is 2.67. The van der Waals surface area contributed by atoms with E-state index in [4.69, 9.17) is 0 Å². The molecule has 2 aromatic carbocycles. The minimum Gasteiger partial charge on any atom is -0.382 e. The Balaban J connectivity index is 2.09. The van der Waals surface area contributed by atoms with Gasteiger partial charge in [0.25, 0.3) is 0 Å². The Morgan fingerprint density at radius 2 is 1.90 bits per heavy atom. The molecule has 2 N–H and O–H groups in total. The fraction of sp³-hybridized carbons (Fsp3) is 0.278. The van der Waals surface area contributed by atoms with E-state index in [0.717, 1.165) is 16.9 Å². The molecule has 1 amide bonds. The van der Waals surface area contributed by atoms with Crippen LogP contribution in [0.25, 0.3) is 11.1 Å². The van der Waals surface area contributed by atoms with E-state index >= 15 is 0 Å². The molecule has 1 heterocycles. The minimum absolute atomic E-state index is 0.0642. The predicted molar refractivity (Wildman–Crippen MR) is 87.7 cm³/mol.